The highest BCUT2D eigenvalue weighted by Gasteiger charge is 2.17. The summed E-state index contributed by atoms with van der Waals surface area (Å²) in [6, 6.07) is 67.6. The van der Waals surface area contributed by atoms with Crippen LogP contribution in [0.2, 0.25) is 0 Å². The monoisotopic (exact) mass is 573 g/mol. The Balaban J connectivity index is 1.25. The molecule has 8 rings (SSSR count). The molecule has 0 fully saturated rings. The van der Waals surface area contributed by atoms with Crippen molar-refractivity contribution in [2.75, 3.05) is 4.90 Å². The number of nitrogens with zero attached hydrogens (tertiary/aromatic N) is 1. The standard InChI is InChI=1S/C44H31N/c1-4-14-33(15-5-1)40-29-26-35(30-43(40)34-16-6-2-7-17-34)32-24-27-38(28-25-32)45(37-19-8-3-9-20-37)44-31-36-18-10-11-21-39(36)41-22-12-13-23-42(41)44/h1-31H. The molecule has 0 aromatic heterocycles. The van der Waals surface area contributed by atoms with Crippen LogP contribution in [0.5, 0.6) is 0 Å². The summed E-state index contributed by atoms with van der Waals surface area (Å²) in [5.41, 5.74) is 10.7. The molecule has 212 valence electrons. The summed E-state index contributed by atoms with van der Waals surface area (Å²) in [4.78, 5) is 2.38. The van der Waals surface area contributed by atoms with Crippen LogP contribution in [0.3, 0.4) is 0 Å². The molecule has 0 atom stereocenters. The van der Waals surface area contributed by atoms with Gasteiger partial charge in [-0.25, -0.2) is 0 Å². The van der Waals surface area contributed by atoms with Crippen LogP contribution in [-0.2, 0) is 0 Å². The zero-order chi connectivity index (χ0) is 30.0. The minimum absolute atomic E-state index is 1.12. The molecule has 0 aliphatic carbocycles. The summed E-state index contributed by atoms with van der Waals surface area (Å²) in [6.07, 6.45) is 0. The molecule has 8 aromatic rings. The minimum atomic E-state index is 1.12. The molecule has 0 amide bonds. The normalized spacial score (nSPS) is 11.1. The summed E-state index contributed by atoms with van der Waals surface area (Å²) in [6.45, 7) is 0. The fourth-order valence-corrected chi connectivity index (χ4v) is 6.48. The fourth-order valence-electron chi connectivity index (χ4n) is 6.48. The van der Waals surface area contributed by atoms with Crippen LogP contribution in [-0.4, -0.2) is 0 Å². The van der Waals surface area contributed by atoms with Gasteiger partial charge in [0.1, 0.15) is 0 Å². The fraction of sp³-hybridized carbons (Fsp3) is 0. The Bertz CT molecular complexity index is 2240. The van der Waals surface area contributed by atoms with Gasteiger partial charge in [-0.15, -0.1) is 0 Å². The summed E-state index contributed by atoms with van der Waals surface area (Å²) >= 11 is 0. The van der Waals surface area contributed by atoms with Gasteiger partial charge in [-0.2, -0.15) is 0 Å². The third kappa shape index (κ3) is 5.05. The lowest BCUT2D eigenvalue weighted by molar-refractivity contribution is 1.30. The minimum Gasteiger partial charge on any atom is -0.310 e. The lowest BCUT2D eigenvalue weighted by Crippen LogP contribution is -2.10. The highest BCUT2D eigenvalue weighted by Crippen LogP contribution is 2.42. The van der Waals surface area contributed by atoms with E-state index in [1.54, 1.807) is 0 Å². The van der Waals surface area contributed by atoms with Gasteiger partial charge in [0.25, 0.3) is 0 Å². The Kier molecular flexibility index (Phi) is 6.90. The number of benzene rings is 8. The number of rotatable bonds is 6. The Hall–Kier alpha value is -5.92. The van der Waals surface area contributed by atoms with E-state index in [4.69, 9.17) is 0 Å². The number of hydrogen-bond donors (Lipinski definition) is 0. The van der Waals surface area contributed by atoms with E-state index in [1.807, 2.05) is 0 Å². The molecule has 0 saturated carbocycles. The summed E-state index contributed by atoms with van der Waals surface area (Å²) in [7, 11) is 0. The molecule has 0 heterocycles. The van der Waals surface area contributed by atoms with E-state index in [1.165, 1.54) is 60.6 Å². The van der Waals surface area contributed by atoms with E-state index in [-0.39, 0.29) is 0 Å². The van der Waals surface area contributed by atoms with E-state index >= 15 is 0 Å². The summed E-state index contributed by atoms with van der Waals surface area (Å²) in [5, 5.41) is 4.99. The zero-order valence-electron chi connectivity index (χ0n) is 24.8. The molecule has 0 radical (unpaired) electrons. The van der Waals surface area contributed by atoms with Gasteiger partial charge in [0, 0.05) is 16.8 Å². The van der Waals surface area contributed by atoms with Crippen LogP contribution >= 0.6 is 0 Å². The molecule has 1 nitrogen and oxygen atoms in total. The largest absolute Gasteiger partial charge is 0.310 e. The first-order valence-electron chi connectivity index (χ1n) is 15.4. The van der Waals surface area contributed by atoms with Crippen molar-refractivity contribution >= 4 is 38.6 Å². The highest BCUT2D eigenvalue weighted by atomic mass is 15.1. The van der Waals surface area contributed by atoms with Crippen molar-refractivity contribution in [3.63, 3.8) is 0 Å². The lowest BCUT2D eigenvalue weighted by atomic mass is 9.91. The second-order valence-corrected chi connectivity index (χ2v) is 11.4. The Labute approximate surface area is 264 Å². The van der Waals surface area contributed by atoms with Crippen molar-refractivity contribution in [2.45, 2.75) is 0 Å². The van der Waals surface area contributed by atoms with Crippen LogP contribution < -0.4 is 4.90 Å². The third-order valence-corrected chi connectivity index (χ3v) is 8.65. The second kappa shape index (κ2) is 11.6. The Morgan fingerprint density at radius 2 is 0.800 bits per heavy atom. The first kappa shape index (κ1) is 26.7. The van der Waals surface area contributed by atoms with Crippen molar-refractivity contribution in [1.29, 1.82) is 0 Å². The second-order valence-electron chi connectivity index (χ2n) is 11.4. The van der Waals surface area contributed by atoms with Crippen molar-refractivity contribution in [3.8, 4) is 33.4 Å². The molecule has 0 unspecified atom stereocenters. The number of para-hydroxylation sites is 1. The van der Waals surface area contributed by atoms with Crippen LogP contribution in [0.15, 0.2) is 188 Å². The van der Waals surface area contributed by atoms with E-state index < -0.39 is 0 Å². The van der Waals surface area contributed by atoms with Crippen LogP contribution in [0.25, 0.3) is 54.9 Å². The van der Waals surface area contributed by atoms with E-state index in [0.717, 1.165) is 11.4 Å². The molecule has 0 N–H and O–H groups in total. The molecule has 8 aromatic carbocycles. The maximum absolute atomic E-state index is 2.38. The van der Waals surface area contributed by atoms with Crippen molar-refractivity contribution in [2.24, 2.45) is 0 Å². The van der Waals surface area contributed by atoms with Crippen LogP contribution in [0, 0.1) is 0 Å². The topological polar surface area (TPSA) is 3.24 Å². The predicted octanol–water partition coefficient (Wildman–Crippen LogP) is 12.5. The quantitative estimate of drug-likeness (QED) is 0.179. The van der Waals surface area contributed by atoms with Gasteiger partial charge in [-0.3, -0.25) is 0 Å². The van der Waals surface area contributed by atoms with Gasteiger partial charge < -0.3 is 4.90 Å². The first-order valence-corrected chi connectivity index (χ1v) is 15.4. The van der Waals surface area contributed by atoms with Gasteiger partial charge in [-0.05, 0) is 85.9 Å². The van der Waals surface area contributed by atoms with E-state index in [0.29, 0.717) is 0 Å². The molecule has 45 heavy (non-hydrogen) atoms. The molecule has 0 saturated heterocycles. The van der Waals surface area contributed by atoms with Crippen LogP contribution in [0.1, 0.15) is 0 Å². The molecule has 1 heteroatoms. The maximum Gasteiger partial charge on any atom is 0.0546 e. The smallest absolute Gasteiger partial charge is 0.0546 e. The molecule has 0 bridgehead atoms. The lowest BCUT2D eigenvalue weighted by Gasteiger charge is -2.27. The highest BCUT2D eigenvalue weighted by molar-refractivity contribution is 6.14. The molecule has 0 aliphatic rings. The first-order chi connectivity index (χ1) is 22.3. The molecule has 0 aliphatic heterocycles. The Morgan fingerprint density at radius 3 is 1.49 bits per heavy atom. The predicted molar refractivity (Wildman–Crippen MR) is 192 cm³/mol. The van der Waals surface area contributed by atoms with Gasteiger partial charge in [-0.1, -0.05) is 152 Å². The van der Waals surface area contributed by atoms with Crippen molar-refractivity contribution < 1.29 is 0 Å². The van der Waals surface area contributed by atoms with Gasteiger partial charge in [0.05, 0.1) is 5.69 Å². The van der Waals surface area contributed by atoms with Gasteiger partial charge >= 0.3 is 0 Å². The van der Waals surface area contributed by atoms with E-state index in [9.17, 15) is 0 Å². The maximum atomic E-state index is 2.38. The van der Waals surface area contributed by atoms with Crippen LogP contribution in [0.4, 0.5) is 17.1 Å². The summed E-state index contributed by atoms with van der Waals surface area (Å²) < 4.78 is 0. The third-order valence-electron chi connectivity index (χ3n) is 8.65. The number of anilines is 3. The van der Waals surface area contributed by atoms with E-state index in [2.05, 4.69) is 193 Å². The average molecular weight is 574 g/mol. The summed E-state index contributed by atoms with van der Waals surface area (Å²) in [5.74, 6) is 0. The molecular weight excluding hydrogens is 542 g/mol. The average Bonchev–Trinajstić information content (AvgIpc) is 3.13. The zero-order valence-corrected chi connectivity index (χ0v) is 24.8. The van der Waals surface area contributed by atoms with Crippen molar-refractivity contribution in [3.05, 3.63) is 188 Å². The number of fused-ring (bicyclic) bond motifs is 3. The molecular formula is C44H31N. The van der Waals surface area contributed by atoms with Gasteiger partial charge in [0.15, 0.2) is 0 Å². The molecule has 0 spiro atoms. The Morgan fingerprint density at radius 1 is 0.289 bits per heavy atom. The SMILES string of the molecule is c1ccc(-c2ccc(-c3ccc(N(c4ccccc4)c4cc5ccccc5c5ccccc45)cc3)cc2-c2ccccc2)cc1. The number of hydrogen-bond acceptors (Lipinski definition) is 1. The van der Waals surface area contributed by atoms with Gasteiger partial charge in [0.2, 0.25) is 0 Å². The van der Waals surface area contributed by atoms with Crippen molar-refractivity contribution in [1.82, 2.24) is 0 Å².